The van der Waals surface area contributed by atoms with Gasteiger partial charge < -0.3 is 15.9 Å². The first-order valence-corrected chi connectivity index (χ1v) is 4.39. The maximum atomic E-state index is 11.0. The van der Waals surface area contributed by atoms with Crippen molar-refractivity contribution in [1.29, 1.82) is 0 Å². The Morgan fingerprint density at radius 3 is 2.86 bits per heavy atom. The van der Waals surface area contributed by atoms with Gasteiger partial charge in [-0.2, -0.15) is 0 Å². The molecule has 74 valence electrons. The van der Waals surface area contributed by atoms with E-state index in [4.69, 9.17) is 10.8 Å². The van der Waals surface area contributed by atoms with E-state index in [0.29, 0.717) is 18.4 Å². The number of hydrogen-bond donors (Lipinski definition) is 3. The largest absolute Gasteiger partial charge is 0.508 e. The second kappa shape index (κ2) is 2.72. The molecule has 0 aromatic heterocycles. The van der Waals surface area contributed by atoms with Crippen LogP contribution in [0.3, 0.4) is 0 Å². The van der Waals surface area contributed by atoms with E-state index in [1.54, 1.807) is 12.1 Å². The molecule has 0 bridgehead atoms. The summed E-state index contributed by atoms with van der Waals surface area (Å²) in [5.41, 5.74) is 5.89. The highest BCUT2D eigenvalue weighted by molar-refractivity contribution is 5.82. The molecule has 0 radical (unpaired) electrons. The minimum Gasteiger partial charge on any atom is -0.508 e. The van der Waals surface area contributed by atoms with Crippen LogP contribution >= 0.6 is 0 Å². The van der Waals surface area contributed by atoms with Gasteiger partial charge in [0.2, 0.25) is 0 Å². The van der Waals surface area contributed by atoms with Gasteiger partial charge in [0, 0.05) is 0 Å². The molecule has 0 aliphatic heterocycles. The second-order valence-corrected chi connectivity index (χ2v) is 3.62. The predicted octanol–water partition coefficient (Wildman–Crippen LogP) is 0.577. The summed E-state index contributed by atoms with van der Waals surface area (Å²) in [4.78, 5) is 11.0. The van der Waals surface area contributed by atoms with Crippen molar-refractivity contribution in [1.82, 2.24) is 0 Å². The number of aromatic hydroxyl groups is 1. The van der Waals surface area contributed by atoms with Crippen molar-refractivity contribution in [2.75, 3.05) is 0 Å². The van der Waals surface area contributed by atoms with Crippen molar-refractivity contribution in [3.8, 4) is 5.75 Å². The zero-order valence-electron chi connectivity index (χ0n) is 7.53. The number of phenols is 1. The van der Waals surface area contributed by atoms with Gasteiger partial charge in [-0.15, -0.1) is 0 Å². The van der Waals surface area contributed by atoms with Crippen molar-refractivity contribution in [3.63, 3.8) is 0 Å². The molecule has 0 saturated heterocycles. The maximum Gasteiger partial charge on any atom is 0.328 e. The Morgan fingerprint density at radius 2 is 2.21 bits per heavy atom. The van der Waals surface area contributed by atoms with Crippen LogP contribution in [-0.4, -0.2) is 16.2 Å². The molecule has 14 heavy (non-hydrogen) atoms. The molecule has 4 N–H and O–H groups in total. The van der Waals surface area contributed by atoms with E-state index in [1.807, 2.05) is 0 Å². The Hall–Kier alpha value is -1.55. The van der Waals surface area contributed by atoms with E-state index < -0.39 is 11.5 Å². The second-order valence-electron chi connectivity index (χ2n) is 3.62. The first-order chi connectivity index (χ1) is 6.54. The number of benzene rings is 1. The number of carbonyl (C=O) groups is 1. The van der Waals surface area contributed by atoms with Crippen LogP contribution in [0.5, 0.6) is 5.75 Å². The summed E-state index contributed by atoms with van der Waals surface area (Å²) in [7, 11) is 0. The van der Waals surface area contributed by atoms with E-state index in [9.17, 15) is 9.90 Å². The zero-order chi connectivity index (χ0) is 10.3. The molecular weight excluding hydrogens is 182 g/mol. The normalized spacial score (nSPS) is 24.6. The Bertz CT molecular complexity index is 402. The fraction of sp³-hybridized carbons (Fsp3) is 0.300. The third kappa shape index (κ3) is 1.08. The minimum atomic E-state index is -1.33. The van der Waals surface area contributed by atoms with E-state index in [2.05, 4.69) is 0 Å². The van der Waals surface area contributed by atoms with Crippen molar-refractivity contribution in [2.45, 2.75) is 18.4 Å². The molecule has 0 unspecified atom stereocenters. The molecule has 2 rings (SSSR count). The number of phenolic OH excluding ortho intramolecular Hbond substituents is 1. The fourth-order valence-electron chi connectivity index (χ4n) is 1.89. The molecule has 1 atom stereocenters. The lowest BCUT2D eigenvalue weighted by Gasteiger charge is -2.19. The number of fused-ring (bicyclic) bond motifs is 1. The van der Waals surface area contributed by atoms with Crippen LogP contribution in [0.15, 0.2) is 18.2 Å². The number of rotatable bonds is 1. The van der Waals surface area contributed by atoms with Gasteiger partial charge in [-0.3, -0.25) is 0 Å². The molecule has 1 aromatic rings. The van der Waals surface area contributed by atoms with Crippen LogP contribution in [-0.2, 0) is 16.8 Å². The van der Waals surface area contributed by atoms with E-state index in [-0.39, 0.29) is 5.75 Å². The number of aryl methyl sites for hydroxylation is 1. The van der Waals surface area contributed by atoms with E-state index in [0.717, 1.165) is 5.56 Å². The maximum absolute atomic E-state index is 11.0. The third-order valence-electron chi connectivity index (χ3n) is 2.74. The third-order valence-corrected chi connectivity index (χ3v) is 2.74. The average molecular weight is 193 g/mol. The minimum absolute atomic E-state index is 0.0572. The quantitative estimate of drug-likeness (QED) is 0.609. The number of aliphatic carboxylic acids is 1. The molecule has 1 aliphatic carbocycles. The highest BCUT2D eigenvalue weighted by Gasteiger charge is 2.42. The Morgan fingerprint density at radius 1 is 1.50 bits per heavy atom. The van der Waals surface area contributed by atoms with Crippen LogP contribution in [0.25, 0.3) is 0 Å². The molecule has 0 heterocycles. The van der Waals surface area contributed by atoms with Gasteiger partial charge >= 0.3 is 5.97 Å². The van der Waals surface area contributed by atoms with Crippen LogP contribution in [0.4, 0.5) is 0 Å². The lowest BCUT2D eigenvalue weighted by molar-refractivity contribution is -0.143. The molecule has 0 amide bonds. The van der Waals surface area contributed by atoms with Gasteiger partial charge in [-0.25, -0.2) is 4.79 Å². The molecule has 4 heteroatoms. The Labute approximate surface area is 81.0 Å². The lowest BCUT2D eigenvalue weighted by Crippen LogP contribution is -2.42. The number of nitrogens with two attached hydrogens (primary N) is 1. The van der Waals surface area contributed by atoms with Gasteiger partial charge in [-0.05, 0) is 36.1 Å². The summed E-state index contributed by atoms with van der Waals surface area (Å²) in [6, 6.07) is 4.71. The summed E-state index contributed by atoms with van der Waals surface area (Å²) in [5.74, 6) is -0.983. The molecule has 0 spiro atoms. The summed E-state index contributed by atoms with van der Waals surface area (Å²) >= 11 is 0. The van der Waals surface area contributed by atoms with Gasteiger partial charge in [0.05, 0.1) is 0 Å². The zero-order valence-corrected chi connectivity index (χ0v) is 7.53. The first-order valence-electron chi connectivity index (χ1n) is 4.39. The van der Waals surface area contributed by atoms with Crippen molar-refractivity contribution in [3.05, 3.63) is 29.3 Å². The Balaban J connectivity index is 2.58. The average Bonchev–Trinajstić information content (AvgIpc) is 2.46. The predicted molar refractivity (Wildman–Crippen MR) is 49.9 cm³/mol. The number of hydrogen-bond acceptors (Lipinski definition) is 3. The molecular formula is C10H11NO3. The van der Waals surface area contributed by atoms with E-state index in [1.165, 1.54) is 6.07 Å². The standard InChI is InChI=1S/C10H11NO3/c11-10(9(13)14)4-3-6-1-2-7(12)5-8(6)10/h1-2,5,12H,3-4,11H2,(H,13,14)/t10-/m1/s1. The van der Waals surface area contributed by atoms with Crippen molar-refractivity contribution < 1.29 is 15.0 Å². The summed E-state index contributed by atoms with van der Waals surface area (Å²) in [6.07, 6.45) is 1.04. The fourth-order valence-corrected chi connectivity index (χ4v) is 1.89. The van der Waals surface area contributed by atoms with Gasteiger partial charge in [-0.1, -0.05) is 6.07 Å². The Kier molecular flexibility index (Phi) is 1.75. The number of carboxylic acid groups (broad SMARTS) is 1. The summed E-state index contributed by atoms with van der Waals surface area (Å²) < 4.78 is 0. The molecule has 1 aromatic carbocycles. The van der Waals surface area contributed by atoms with Crippen LogP contribution in [0.2, 0.25) is 0 Å². The van der Waals surface area contributed by atoms with Crippen LogP contribution in [0, 0.1) is 0 Å². The number of carboxylic acids is 1. The molecule has 0 fully saturated rings. The van der Waals surface area contributed by atoms with Crippen molar-refractivity contribution in [2.24, 2.45) is 5.73 Å². The van der Waals surface area contributed by atoms with Crippen molar-refractivity contribution >= 4 is 5.97 Å². The highest BCUT2D eigenvalue weighted by atomic mass is 16.4. The SMILES string of the molecule is N[C@]1(C(=O)O)CCc2ccc(O)cc21. The summed E-state index contributed by atoms with van der Waals surface area (Å²) in [6.45, 7) is 0. The smallest absolute Gasteiger partial charge is 0.328 e. The molecule has 4 nitrogen and oxygen atoms in total. The lowest BCUT2D eigenvalue weighted by atomic mass is 9.93. The molecule has 1 aliphatic rings. The summed E-state index contributed by atoms with van der Waals surface area (Å²) in [5, 5.41) is 18.3. The monoisotopic (exact) mass is 193 g/mol. The van der Waals surface area contributed by atoms with Crippen LogP contribution < -0.4 is 5.73 Å². The molecule has 0 saturated carbocycles. The van der Waals surface area contributed by atoms with Gasteiger partial charge in [0.25, 0.3) is 0 Å². The van der Waals surface area contributed by atoms with Crippen LogP contribution in [0.1, 0.15) is 17.5 Å². The highest BCUT2D eigenvalue weighted by Crippen LogP contribution is 2.36. The van der Waals surface area contributed by atoms with E-state index >= 15 is 0 Å². The van der Waals surface area contributed by atoms with Gasteiger partial charge in [0.15, 0.2) is 0 Å². The first kappa shape index (κ1) is 9.02. The topological polar surface area (TPSA) is 83.6 Å². The van der Waals surface area contributed by atoms with Gasteiger partial charge in [0.1, 0.15) is 11.3 Å².